The Bertz CT molecular complexity index is 1200. The number of carbonyl (C=O) groups excluding carboxylic acids is 1. The fourth-order valence-electron chi connectivity index (χ4n) is 3.74. The van der Waals surface area contributed by atoms with Crippen LogP contribution in [0.15, 0.2) is 35.3 Å². The molecule has 8 nitrogen and oxygen atoms in total. The van der Waals surface area contributed by atoms with Gasteiger partial charge in [-0.3, -0.25) is 9.59 Å². The van der Waals surface area contributed by atoms with Crippen LogP contribution in [0.1, 0.15) is 60.9 Å². The number of ether oxygens (including phenoxy) is 1. The van der Waals surface area contributed by atoms with Gasteiger partial charge in [0.25, 0.3) is 11.5 Å². The summed E-state index contributed by atoms with van der Waals surface area (Å²) in [6.07, 6.45) is 4.86. The molecule has 164 valence electrons. The molecule has 0 atom stereocenters. The molecule has 8 heteroatoms. The SMILES string of the molecule is COc1c(NC(=O)c2cccn(C3CC3)c2=O)cc2cc(CCC(C)(C)O)nn2c1C. The lowest BCUT2D eigenvalue weighted by Crippen LogP contribution is -2.28. The van der Waals surface area contributed by atoms with Gasteiger partial charge in [-0.25, -0.2) is 4.52 Å². The van der Waals surface area contributed by atoms with Crippen LogP contribution < -0.4 is 15.6 Å². The van der Waals surface area contributed by atoms with Crippen molar-refractivity contribution in [1.82, 2.24) is 14.2 Å². The standard InChI is InChI=1S/C23H28N4O4/c1-14-20(31-4)19(13-17-12-15(25-27(14)17)9-10-23(2,3)30)24-21(28)18-6-5-11-26(22(18)29)16-7-8-16/h5-6,11-13,16,30H,7-10H2,1-4H3,(H,24,28). The number of amides is 1. The first-order valence-electron chi connectivity index (χ1n) is 10.5. The molecule has 4 rings (SSSR count). The third kappa shape index (κ3) is 4.34. The average Bonchev–Trinajstić information content (AvgIpc) is 3.45. The molecule has 1 fully saturated rings. The predicted octanol–water partition coefficient (Wildman–Crippen LogP) is 3.10. The molecule has 1 amide bonds. The summed E-state index contributed by atoms with van der Waals surface area (Å²) in [5.41, 5.74) is 1.89. The van der Waals surface area contributed by atoms with Gasteiger partial charge in [0, 0.05) is 12.2 Å². The fraction of sp³-hybridized carbons (Fsp3) is 0.435. The summed E-state index contributed by atoms with van der Waals surface area (Å²) in [4.78, 5) is 25.6. The highest BCUT2D eigenvalue weighted by Crippen LogP contribution is 2.34. The third-order valence-electron chi connectivity index (χ3n) is 5.58. The molecular formula is C23H28N4O4. The number of carbonyl (C=O) groups is 1. The molecule has 2 N–H and O–H groups in total. The lowest BCUT2D eigenvalue weighted by atomic mass is 10.0. The summed E-state index contributed by atoms with van der Waals surface area (Å²) in [6, 6.07) is 7.18. The predicted molar refractivity (Wildman–Crippen MR) is 118 cm³/mol. The normalized spacial score (nSPS) is 14.1. The second kappa shape index (κ2) is 7.85. The fourth-order valence-corrected chi connectivity index (χ4v) is 3.74. The molecule has 0 bridgehead atoms. The lowest BCUT2D eigenvalue weighted by molar-refractivity contribution is 0.0711. The van der Waals surface area contributed by atoms with E-state index < -0.39 is 11.5 Å². The van der Waals surface area contributed by atoms with E-state index in [4.69, 9.17) is 4.74 Å². The van der Waals surface area contributed by atoms with E-state index in [0.29, 0.717) is 24.3 Å². The molecule has 31 heavy (non-hydrogen) atoms. The Morgan fingerprint density at radius 2 is 2.10 bits per heavy atom. The highest BCUT2D eigenvalue weighted by Gasteiger charge is 2.26. The van der Waals surface area contributed by atoms with Gasteiger partial charge in [-0.05, 0) is 70.7 Å². The average molecular weight is 425 g/mol. The van der Waals surface area contributed by atoms with Crippen molar-refractivity contribution in [2.45, 2.75) is 58.1 Å². The zero-order valence-electron chi connectivity index (χ0n) is 18.3. The Hall–Kier alpha value is -3.13. The van der Waals surface area contributed by atoms with Crippen molar-refractivity contribution in [3.05, 3.63) is 57.8 Å². The van der Waals surface area contributed by atoms with E-state index in [2.05, 4.69) is 10.4 Å². The zero-order valence-corrected chi connectivity index (χ0v) is 18.3. The Balaban J connectivity index is 1.66. The summed E-state index contributed by atoms with van der Waals surface area (Å²) >= 11 is 0. The van der Waals surface area contributed by atoms with E-state index >= 15 is 0 Å². The molecule has 3 aromatic heterocycles. The van der Waals surface area contributed by atoms with E-state index in [0.717, 1.165) is 29.7 Å². The number of anilines is 1. The molecule has 0 spiro atoms. The Kier molecular flexibility index (Phi) is 5.35. The van der Waals surface area contributed by atoms with Gasteiger partial charge in [0.2, 0.25) is 0 Å². The Morgan fingerprint density at radius 3 is 2.74 bits per heavy atom. The van der Waals surface area contributed by atoms with Gasteiger partial charge >= 0.3 is 0 Å². The number of rotatable bonds is 7. The third-order valence-corrected chi connectivity index (χ3v) is 5.58. The van der Waals surface area contributed by atoms with Crippen molar-refractivity contribution < 1.29 is 14.6 Å². The highest BCUT2D eigenvalue weighted by molar-refractivity contribution is 6.05. The van der Waals surface area contributed by atoms with E-state index in [1.807, 2.05) is 13.0 Å². The number of aryl methyl sites for hydroxylation is 2. The van der Waals surface area contributed by atoms with Crippen LogP contribution in [0.5, 0.6) is 5.75 Å². The van der Waals surface area contributed by atoms with Crippen LogP contribution in [0.3, 0.4) is 0 Å². The molecule has 3 aromatic rings. The van der Waals surface area contributed by atoms with Crippen molar-refractivity contribution in [3.8, 4) is 5.75 Å². The second-order valence-electron chi connectivity index (χ2n) is 8.78. The molecule has 1 aliphatic rings. The van der Waals surface area contributed by atoms with Gasteiger partial charge in [-0.15, -0.1) is 0 Å². The Labute approximate surface area is 180 Å². The minimum Gasteiger partial charge on any atom is -0.493 e. The van der Waals surface area contributed by atoms with Crippen LogP contribution in [0, 0.1) is 6.92 Å². The first-order valence-corrected chi connectivity index (χ1v) is 10.5. The summed E-state index contributed by atoms with van der Waals surface area (Å²) in [5, 5.41) is 17.5. The second-order valence-corrected chi connectivity index (χ2v) is 8.78. The summed E-state index contributed by atoms with van der Waals surface area (Å²) < 4.78 is 8.94. The maximum Gasteiger partial charge on any atom is 0.263 e. The molecule has 0 saturated heterocycles. The number of aromatic nitrogens is 3. The maximum absolute atomic E-state index is 12.9. The van der Waals surface area contributed by atoms with Crippen molar-refractivity contribution in [2.24, 2.45) is 0 Å². The van der Waals surface area contributed by atoms with Gasteiger partial charge in [0.15, 0.2) is 5.75 Å². The van der Waals surface area contributed by atoms with Gasteiger partial charge in [-0.1, -0.05) is 0 Å². The van der Waals surface area contributed by atoms with Crippen molar-refractivity contribution in [3.63, 3.8) is 0 Å². The number of aliphatic hydroxyl groups is 1. The molecule has 0 radical (unpaired) electrons. The molecule has 0 aromatic carbocycles. The number of fused-ring (bicyclic) bond motifs is 1. The molecule has 1 saturated carbocycles. The number of methoxy groups -OCH3 is 1. The molecule has 1 aliphatic carbocycles. The van der Waals surface area contributed by atoms with Crippen LogP contribution >= 0.6 is 0 Å². The number of hydrogen-bond acceptors (Lipinski definition) is 5. The van der Waals surface area contributed by atoms with Gasteiger partial charge < -0.3 is 19.7 Å². The number of nitrogens with one attached hydrogen (secondary N) is 1. The van der Waals surface area contributed by atoms with E-state index in [1.165, 1.54) is 7.11 Å². The largest absolute Gasteiger partial charge is 0.493 e. The smallest absolute Gasteiger partial charge is 0.263 e. The van der Waals surface area contributed by atoms with Crippen LogP contribution in [-0.2, 0) is 6.42 Å². The zero-order chi connectivity index (χ0) is 22.3. The van der Waals surface area contributed by atoms with Gasteiger partial charge in [-0.2, -0.15) is 5.10 Å². The van der Waals surface area contributed by atoms with Crippen molar-refractivity contribution in [1.29, 1.82) is 0 Å². The quantitative estimate of drug-likeness (QED) is 0.607. The summed E-state index contributed by atoms with van der Waals surface area (Å²) in [7, 11) is 1.53. The lowest BCUT2D eigenvalue weighted by Gasteiger charge is -2.15. The highest BCUT2D eigenvalue weighted by atomic mass is 16.5. The van der Waals surface area contributed by atoms with Crippen LogP contribution in [-0.4, -0.2) is 37.9 Å². The molecular weight excluding hydrogens is 396 g/mol. The van der Waals surface area contributed by atoms with Crippen LogP contribution in [0.25, 0.3) is 5.52 Å². The number of nitrogens with zero attached hydrogens (tertiary/aromatic N) is 3. The van der Waals surface area contributed by atoms with Crippen molar-refractivity contribution >= 4 is 17.1 Å². The number of pyridine rings is 2. The van der Waals surface area contributed by atoms with Gasteiger partial charge in [0.1, 0.15) is 5.56 Å². The van der Waals surface area contributed by atoms with E-state index in [1.54, 1.807) is 47.3 Å². The molecule has 0 aliphatic heterocycles. The van der Waals surface area contributed by atoms with Crippen molar-refractivity contribution in [2.75, 3.05) is 12.4 Å². The molecule has 3 heterocycles. The molecule has 0 unspecified atom stereocenters. The minimum absolute atomic E-state index is 0.105. The monoisotopic (exact) mass is 424 g/mol. The summed E-state index contributed by atoms with van der Waals surface area (Å²) in [6.45, 7) is 5.40. The topological polar surface area (TPSA) is 97.9 Å². The van der Waals surface area contributed by atoms with E-state index in [9.17, 15) is 14.7 Å². The van der Waals surface area contributed by atoms with Gasteiger partial charge in [0.05, 0.1) is 35.3 Å². The summed E-state index contributed by atoms with van der Waals surface area (Å²) in [5.74, 6) is 0.0141. The first-order chi connectivity index (χ1) is 14.7. The minimum atomic E-state index is -0.773. The maximum atomic E-state index is 12.9. The van der Waals surface area contributed by atoms with Crippen LogP contribution in [0.2, 0.25) is 0 Å². The Morgan fingerprint density at radius 1 is 1.35 bits per heavy atom. The number of hydrogen-bond donors (Lipinski definition) is 2. The first kappa shape index (κ1) is 21.1. The van der Waals surface area contributed by atoms with Crippen LogP contribution in [0.4, 0.5) is 5.69 Å². The van der Waals surface area contributed by atoms with E-state index in [-0.39, 0.29) is 17.2 Å².